The van der Waals surface area contributed by atoms with Gasteiger partial charge in [-0.15, -0.1) is 11.6 Å². The smallest absolute Gasteiger partial charge is 0.315 e. The Hall–Kier alpha value is -0.810. The summed E-state index contributed by atoms with van der Waals surface area (Å²) in [5.41, 5.74) is -0.876. The summed E-state index contributed by atoms with van der Waals surface area (Å²) in [4.78, 5) is 23.5. The maximum atomic E-state index is 11.8. The summed E-state index contributed by atoms with van der Waals surface area (Å²) in [5.74, 6) is -1.56. The van der Waals surface area contributed by atoms with Gasteiger partial charge >= 0.3 is 11.9 Å². The van der Waals surface area contributed by atoms with Crippen LogP contribution >= 0.6 is 11.6 Å². The van der Waals surface area contributed by atoms with Gasteiger partial charge in [0.2, 0.25) is 0 Å². The van der Waals surface area contributed by atoms with Crippen LogP contribution in [0, 0.1) is 17.3 Å². The Morgan fingerprint density at radius 2 is 2.00 bits per heavy atom. The van der Waals surface area contributed by atoms with E-state index in [0.717, 1.165) is 0 Å². The first-order valence-corrected chi connectivity index (χ1v) is 5.50. The second-order valence-electron chi connectivity index (χ2n) is 4.42. The average Bonchev–Trinajstić information content (AvgIpc) is 2.58. The van der Waals surface area contributed by atoms with Crippen molar-refractivity contribution >= 4 is 23.5 Å². The van der Waals surface area contributed by atoms with Crippen molar-refractivity contribution in [2.45, 2.75) is 17.6 Å². The molecule has 0 spiro atoms. The number of esters is 2. The van der Waals surface area contributed by atoms with Crippen molar-refractivity contribution in [3.63, 3.8) is 0 Å². The highest BCUT2D eigenvalue weighted by atomic mass is 35.5. The molecule has 6 atom stereocenters. The van der Waals surface area contributed by atoms with Crippen LogP contribution in [0.25, 0.3) is 0 Å². The van der Waals surface area contributed by atoms with E-state index in [9.17, 15) is 9.59 Å². The number of hydrogen-bond donors (Lipinski definition) is 0. The summed E-state index contributed by atoms with van der Waals surface area (Å²) < 4.78 is 15.0. The Morgan fingerprint density at radius 1 is 1.31 bits per heavy atom. The number of methoxy groups -OCH3 is 2. The van der Waals surface area contributed by atoms with E-state index >= 15 is 0 Å². The third-order valence-corrected chi connectivity index (χ3v) is 4.56. The van der Waals surface area contributed by atoms with Gasteiger partial charge in [-0.2, -0.15) is 0 Å². The van der Waals surface area contributed by atoms with E-state index < -0.39 is 29.4 Å². The van der Waals surface area contributed by atoms with Gasteiger partial charge in [0, 0.05) is 5.92 Å². The SMILES string of the molecule is COC(=O)[C@H]1[C@H]2O[C@@H]3C([C@H]2Cl)[C@]31C(=O)OC. The van der Waals surface area contributed by atoms with Crippen LogP contribution in [0.2, 0.25) is 0 Å². The Bertz CT molecular complexity index is 381. The summed E-state index contributed by atoms with van der Waals surface area (Å²) in [6, 6.07) is 0. The van der Waals surface area contributed by atoms with E-state index in [1.54, 1.807) is 0 Å². The highest BCUT2D eigenvalue weighted by Gasteiger charge is 2.91. The Labute approximate surface area is 97.0 Å². The second-order valence-corrected chi connectivity index (χ2v) is 4.92. The first kappa shape index (κ1) is 10.4. The summed E-state index contributed by atoms with van der Waals surface area (Å²) in [5, 5.41) is -0.298. The topological polar surface area (TPSA) is 61.8 Å². The van der Waals surface area contributed by atoms with E-state index in [1.165, 1.54) is 14.2 Å². The van der Waals surface area contributed by atoms with Crippen molar-refractivity contribution in [1.82, 2.24) is 0 Å². The van der Waals surface area contributed by atoms with Gasteiger partial charge < -0.3 is 14.2 Å². The standard InChI is InChI=1S/C10H11ClO5/c1-14-8(12)4-6-5(11)3-7(16-6)10(3,4)9(13)15-2/h3-7H,1-2H3/t3?,4-,5-,6-,7-,10-/m1/s1. The van der Waals surface area contributed by atoms with Crippen LogP contribution in [0.1, 0.15) is 0 Å². The molecule has 4 rings (SSSR count). The van der Waals surface area contributed by atoms with Gasteiger partial charge in [-0.25, -0.2) is 0 Å². The molecule has 0 aromatic heterocycles. The predicted molar refractivity (Wildman–Crippen MR) is 51.7 cm³/mol. The Kier molecular flexibility index (Phi) is 1.87. The Balaban J connectivity index is 2.01. The molecule has 5 nitrogen and oxygen atoms in total. The molecular weight excluding hydrogens is 236 g/mol. The van der Waals surface area contributed by atoms with Crippen molar-refractivity contribution in [3.05, 3.63) is 0 Å². The summed E-state index contributed by atoms with van der Waals surface area (Å²) >= 11 is 6.14. The van der Waals surface area contributed by atoms with Crippen LogP contribution in [0.4, 0.5) is 0 Å². The van der Waals surface area contributed by atoms with Crippen molar-refractivity contribution in [1.29, 1.82) is 0 Å². The fourth-order valence-electron chi connectivity index (χ4n) is 3.41. The van der Waals surface area contributed by atoms with E-state index in [2.05, 4.69) is 0 Å². The lowest BCUT2D eigenvalue weighted by molar-refractivity contribution is -0.158. The number of carbonyl (C=O) groups excluding carboxylic acids is 2. The minimum absolute atomic E-state index is 0.101. The molecule has 4 fully saturated rings. The lowest BCUT2D eigenvalue weighted by Gasteiger charge is -2.16. The van der Waals surface area contributed by atoms with E-state index in [4.69, 9.17) is 25.8 Å². The molecule has 0 N–H and O–H groups in total. The molecule has 6 heteroatoms. The molecule has 0 aromatic rings. The van der Waals surface area contributed by atoms with Crippen molar-refractivity contribution in [3.8, 4) is 0 Å². The van der Waals surface area contributed by atoms with Crippen molar-refractivity contribution in [2.24, 2.45) is 17.3 Å². The third-order valence-electron chi connectivity index (χ3n) is 4.04. The molecule has 16 heavy (non-hydrogen) atoms. The lowest BCUT2D eigenvalue weighted by Crippen LogP contribution is -2.35. The zero-order valence-corrected chi connectivity index (χ0v) is 9.56. The second kappa shape index (κ2) is 2.90. The van der Waals surface area contributed by atoms with Gasteiger partial charge in [-0.05, 0) is 0 Å². The molecule has 2 saturated carbocycles. The first-order chi connectivity index (χ1) is 7.60. The molecule has 4 aliphatic rings. The molecule has 2 saturated heterocycles. The molecule has 1 unspecified atom stereocenters. The molecule has 2 aliphatic heterocycles. The van der Waals surface area contributed by atoms with Crippen LogP contribution in [0.3, 0.4) is 0 Å². The largest absolute Gasteiger partial charge is 0.469 e. The van der Waals surface area contributed by atoms with Crippen LogP contribution < -0.4 is 0 Å². The maximum Gasteiger partial charge on any atom is 0.315 e. The molecular formula is C10H11ClO5. The van der Waals surface area contributed by atoms with Crippen LogP contribution in [-0.2, 0) is 23.8 Å². The number of halogens is 1. The van der Waals surface area contributed by atoms with Gasteiger partial charge in [0.05, 0.1) is 31.8 Å². The Morgan fingerprint density at radius 3 is 2.44 bits per heavy atom. The average molecular weight is 247 g/mol. The monoisotopic (exact) mass is 246 g/mol. The summed E-state index contributed by atoms with van der Waals surface area (Å²) in [7, 11) is 2.60. The molecule has 2 heterocycles. The number of ether oxygens (including phenoxy) is 3. The van der Waals surface area contributed by atoms with Crippen molar-refractivity contribution < 1.29 is 23.8 Å². The van der Waals surface area contributed by atoms with Gasteiger partial charge in [0.25, 0.3) is 0 Å². The van der Waals surface area contributed by atoms with Crippen LogP contribution in [0.15, 0.2) is 0 Å². The van der Waals surface area contributed by atoms with Gasteiger partial charge in [-0.1, -0.05) is 0 Å². The van der Waals surface area contributed by atoms with Gasteiger partial charge in [0.15, 0.2) is 0 Å². The maximum absolute atomic E-state index is 11.8. The van der Waals surface area contributed by atoms with Crippen LogP contribution in [-0.4, -0.2) is 43.7 Å². The molecule has 4 bridgehead atoms. The van der Waals surface area contributed by atoms with E-state index in [1.807, 2.05) is 0 Å². The number of alkyl halides is 1. The van der Waals surface area contributed by atoms with Gasteiger partial charge in [-0.3, -0.25) is 9.59 Å². The number of hydrogen-bond acceptors (Lipinski definition) is 5. The fraction of sp³-hybridized carbons (Fsp3) is 0.800. The quantitative estimate of drug-likeness (QED) is 0.505. The first-order valence-electron chi connectivity index (χ1n) is 5.06. The molecule has 2 aliphatic carbocycles. The third kappa shape index (κ3) is 0.810. The highest BCUT2D eigenvalue weighted by molar-refractivity contribution is 6.23. The number of rotatable bonds is 2. The van der Waals surface area contributed by atoms with Gasteiger partial charge in [0.1, 0.15) is 11.3 Å². The highest BCUT2D eigenvalue weighted by Crippen LogP contribution is 2.76. The molecule has 0 amide bonds. The van der Waals surface area contributed by atoms with Crippen molar-refractivity contribution in [2.75, 3.05) is 14.2 Å². The number of carbonyl (C=O) groups is 2. The molecule has 0 radical (unpaired) electrons. The van der Waals surface area contributed by atoms with E-state index in [-0.39, 0.29) is 17.4 Å². The minimum Gasteiger partial charge on any atom is -0.469 e. The fourth-order valence-corrected chi connectivity index (χ4v) is 3.95. The van der Waals surface area contributed by atoms with E-state index in [0.29, 0.717) is 0 Å². The summed E-state index contributed by atoms with van der Waals surface area (Å²) in [6.07, 6.45) is -0.681. The lowest BCUT2D eigenvalue weighted by atomic mass is 9.90. The molecule has 0 aromatic carbocycles. The predicted octanol–water partition coefficient (Wildman–Crippen LogP) is -0.0468. The normalized spacial score (nSPS) is 51.3. The molecule has 88 valence electrons. The van der Waals surface area contributed by atoms with Crippen LogP contribution in [0.5, 0.6) is 0 Å². The zero-order chi connectivity index (χ0) is 11.7. The zero-order valence-electron chi connectivity index (χ0n) is 8.81. The summed E-state index contributed by atoms with van der Waals surface area (Å²) in [6.45, 7) is 0. The minimum atomic E-state index is -0.876.